The molecule has 0 aromatic heterocycles. The van der Waals surface area contributed by atoms with E-state index < -0.39 is 18.0 Å². The SMILES string of the molecule is COC(=O)CCc1cccc(C=O)c1C(O)C(=O)O. The number of methoxy groups -OCH3 is 1. The summed E-state index contributed by atoms with van der Waals surface area (Å²) in [5.74, 6) is -1.90. The molecule has 1 aromatic carbocycles. The molecule has 6 heteroatoms. The zero-order valence-corrected chi connectivity index (χ0v) is 10.3. The molecule has 1 rings (SSSR count). The van der Waals surface area contributed by atoms with Crippen LogP contribution in [0.4, 0.5) is 0 Å². The zero-order chi connectivity index (χ0) is 14.4. The van der Waals surface area contributed by atoms with E-state index in [1.165, 1.54) is 13.2 Å². The van der Waals surface area contributed by atoms with Gasteiger partial charge >= 0.3 is 11.9 Å². The molecule has 0 amide bonds. The second kappa shape index (κ2) is 6.65. The van der Waals surface area contributed by atoms with Crippen LogP contribution in [-0.2, 0) is 20.7 Å². The van der Waals surface area contributed by atoms with E-state index in [2.05, 4.69) is 4.74 Å². The minimum absolute atomic E-state index is 0.0221. The Labute approximate surface area is 109 Å². The second-order valence-electron chi connectivity index (χ2n) is 3.85. The van der Waals surface area contributed by atoms with Gasteiger partial charge in [0.2, 0.25) is 0 Å². The fourth-order valence-electron chi connectivity index (χ4n) is 1.75. The van der Waals surface area contributed by atoms with Crippen LogP contribution >= 0.6 is 0 Å². The number of carboxylic acid groups (broad SMARTS) is 1. The number of aryl methyl sites for hydroxylation is 1. The van der Waals surface area contributed by atoms with Crippen molar-refractivity contribution in [3.05, 3.63) is 34.9 Å². The van der Waals surface area contributed by atoms with Gasteiger partial charge in [-0.1, -0.05) is 18.2 Å². The molecule has 0 radical (unpaired) electrons. The molecule has 1 aromatic rings. The van der Waals surface area contributed by atoms with Crippen LogP contribution in [0.2, 0.25) is 0 Å². The highest BCUT2D eigenvalue weighted by Crippen LogP contribution is 2.23. The largest absolute Gasteiger partial charge is 0.479 e. The molecule has 0 saturated carbocycles. The van der Waals surface area contributed by atoms with Crippen molar-refractivity contribution in [1.82, 2.24) is 0 Å². The summed E-state index contributed by atoms with van der Waals surface area (Å²) in [6, 6.07) is 4.54. The Bertz CT molecular complexity index is 494. The summed E-state index contributed by atoms with van der Waals surface area (Å²) in [4.78, 5) is 32.8. The fourth-order valence-corrected chi connectivity index (χ4v) is 1.75. The molecule has 19 heavy (non-hydrogen) atoms. The topological polar surface area (TPSA) is 101 Å². The van der Waals surface area contributed by atoms with Crippen LogP contribution in [0.5, 0.6) is 0 Å². The number of aliphatic hydroxyl groups is 1. The molecular formula is C13H14O6. The van der Waals surface area contributed by atoms with E-state index in [4.69, 9.17) is 5.11 Å². The lowest BCUT2D eigenvalue weighted by molar-refractivity contribution is -0.147. The summed E-state index contributed by atoms with van der Waals surface area (Å²) in [5.41, 5.74) is 0.552. The molecule has 0 aliphatic heterocycles. The molecule has 102 valence electrons. The van der Waals surface area contributed by atoms with Crippen molar-refractivity contribution in [1.29, 1.82) is 0 Å². The number of aliphatic carboxylic acids is 1. The number of carbonyl (C=O) groups is 3. The predicted octanol–water partition coefficient (Wildman–Crippen LogP) is 0.723. The highest BCUT2D eigenvalue weighted by molar-refractivity contribution is 5.84. The highest BCUT2D eigenvalue weighted by atomic mass is 16.5. The third kappa shape index (κ3) is 3.62. The van der Waals surface area contributed by atoms with Crippen molar-refractivity contribution in [2.24, 2.45) is 0 Å². The first-order chi connectivity index (χ1) is 9.01. The number of aliphatic hydroxyl groups excluding tert-OH is 1. The Morgan fingerprint density at radius 2 is 2.11 bits per heavy atom. The minimum Gasteiger partial charge on any atom is -0.479 e. The molecule has 0 bridgehead atoms. The average Bonchev–Trinajstić information content (AvgIpc) is 2.43. The maximum atomic E-state index is 11.1. The van der Waals surface area contributed by atoms with Gasteiger partial charge in [0.05, 0.1) is 7.11 Å². The number of hydrogen-bond acceptors (Lipinski definition) is 5. The van der Waals surface area contributed by atoms with E-state index in [1.807, 2.05) is 0 Å². The van der Waals surface area contributed by atoms with Gasteiger partial charge in [-0.3, -0.25) is 9.59 Å². The Morgan fingerprint density at radius 3 is 2.63 bits per heavy atom. The smallest absolute Gasteiger partial charge is 0.337 e. The van der Waals surface area contributed by atoms with E-state index >= 15 is 0 Å². The Kier molecular flexibility index (Phi) is 5.20. The van der Waals surface area contributed by atoms with Gasteiger partial charge < -0.3 is 14.9 Å². The molecule has 0 aliphatic rings. The molecule has 0 spiro atoms. The van der Waals surface area contributed by atoms with Gasteiger partial charge in [-0.25, -0.2) is 4.79 Å². The van der Waals surface area contributed by atoms with Gasteiger partial charge in [-0.2, -0.15) is 0 Å². The van der Waals surface area contributed by atoms with Crippen LogP contribution in [0.1, 0.15) is 34.0 Å². The Balaban J connectivity index is 3.12. The first kappa shape index (κ1) is 14.8. The lowest BCUT2D eigenvalue weighted by Gasteiger charge is -2.14. The molecule has 1 atom stereocenters. The molecule has 2 N–H and O–H groups in total. The van der Waals surface area contributed by atoms with Gasteiger partial charge in [-0.15, -0.1) is 0 Å². The summed E-state index contributed by atoms with van der Waals surface area (Å²) >= 11 is 0. The molecule has 1 unspecified atom stereocenters. The number of esters is 1. The molecule has 0 fully saturated rings. The van der Waals surface area contributed by atoms with Crippen molar-refractivity contribution in [2.75, 3.05) is 7.11 Å². The fraction of sp³-hybridized carbons (Fsp3) is 0.308. The number of aldehydes is 1. The summed E-state index contributed by atoms with van der Waals surface area (Å²) in [6.07, 6.45) is -1.09. The van der Waals surface area contributed by atoms with Crippen molar-refractivity contribution >= 4 is 18.2 Å². The third-order valence-corrected chi connectivity index (χ3v) is 2.69. The van der Waals surface area contributed by atoms with Gasteiger partial charge in [0.25, 0.3) is 0 Å². The number of carboxylic acids is 1. The first-order valence-electron chi connectivity index (χ1n) is 5.56. The summed E-state index contributed by atoms with van der Waals surface area (Å²) in [7, 11) is 1.25. The van der Waals surface area contributed by atoms with E-state index in [1.54, 1.807) is 12.1 Å². The normalized spacial score (nSPS) is 11.7. The molecule has 6 nitrogen and oxygen atoms in total. The summed E-state index contributed by atoms with van der Waals surface area (Å²) in [6.45, 7) is 0. The lowest BCUT2D eigenvalue weighted by Crippen LogP contribution is -2.16. The van der Waals surface area contributed by atoms with Crippen LogP contribution in [0.25, 0.3) is 0 Å². The van der Waals surface area contributed by atoms with E-state index in [-0.39, 0.29) is 24.0 Å². The minimum atomic E-state index is -1.80. The molecule has 0 heterocycles. The summed E-state index contributed by atoms with van der Waals surface area (Å²) < 4.78 is 4.49. The number of benzene rings is 1. The van der Waals surface area contributed by atoms with Crippen molar-refractivity contribution in [3.8, 4) is 0 Å². The molecule has 0 aliphatic carbocycles. The van der Waals surface area contributed by atoms with E-state index in [9.17, 15) is 19.5 Å². The Morgan fingerprint density at radius 1 is 1.42 bits per heavy atom. The van der Waals surface area contributed by atoms with E-state index in [0.29, 0.717) is 11.8 Å². The maximum Gasteiger partial charge on any atom is 0.337 e. The van der Waals surface area contributed by atoms with Gasteiger partial charge in [-0.05, 0) is 12.0 Å². The van der Waals surface area contributed by atoms with Crippen LogP contribution < -0.4 is 0 Å². The monoisotopic (exact) mass is 266 g/mol. The van der Waals surface area contributed by atoms with Gasteiger partial charge in [0.1, 0.15) is 6.29 Å². The average molecular weight is 266 g/mol. The van der Waals surface area contributed by atoms with Gasteiger partial charge in [0.15, 0.2) is 6.10 Å². The number of ether oxygens (including phenoxy) is 1. The molecular weight excluding hydrogens is 252 g/mol. The zero-order valence-electron chi connectivity index (χ0n) is 10.3. The van der Waals surface area contributed by atoms with Crippen LogP contribution in [0, 0.1) is 0 Å². The lowest BCUT2D eigenvalue weighted by atomic mass is 9.94. The number of hydrogen-bond donors (Lipinski definition) is 2. The number of carbonyl (C=O) groups excluding carboxylic acids is 2. The van der Waals surface area contributed by atoms with Crippen molar-refractivity contribution < 1.29 is 29.3 Å². The Hall–Kier alpha value is -2.21. The molecule has 0 saturated heterocycles. The highest BCUT2D eigenvalue weighted by Gasteiger charge is 2.23. The predicted molar refractivity (Wildman–Crippen MR) is 64.8 cm³/mol. The standard InChI is InChI=1S/C13H14O6/c1-19-10(15)6-5-8-3-2-4-9(7-14)11(8)12(16)13(17)18/h2-4,7,12,16H,5-6H2,1H3,(H,17,18). The first-order valence-corrected chi connectivity index (χ1v) is 5.56. The maximum absolute atomic E-state index is 11.1. The van der Waals surface area contributed by atoms with Gasteiger partial charge in [0, 0.05) is 17.5 Å². The van der Waals surface area contributed by atoms with Crippen molar-refractivity contribution in [3.63, 3.8) is 0 Å². The van der Waals surface area contributed by atoms with Crippen LogP contribution in [-0.4, -0.2) is 35.5 Å². The quantitative estimate of drug-likeness (QED) is 0.581. The van der Waals surface area contributed by atoms with Crippen LogP contribution in [0.15, 0.2) is 18.2 Å². The summed E-state index contributed by atoms with van der Waals surface area (Å²) in [5, 5.41) is 18.5. The number of rotatable bonds is 6. The van der Waals surface area contributed by atoms with E-state index in [0.717, 1.165) is 0 Å². The van der Waals surface area contributed by atoms with Crippen molar-refractivity contribution in [2.45, 2.75) is 18.9 Å². The second-order valence-corrected chi connectivity index (χ2v) is 3.85. The van der Waals surface area contributed by atoms with Crippen LogP contribution in [0.3, 0.4) is 0 Å². The third-order valence-electron chi connectivity index (χ3n) is 2.69.